The van der Waals surface area contributed by atoms with Gasteiger partial charge in [0.2, 0.25) is 0 Å². The Balaban J connectivity index is 1.88. The van der Waals surface area contributed by atoms with E-state index in [0.29, 0.717) is 5.92 Å². The van der Waals surface area contributed by atoms with E-state index in [1.807, 2.05) is 12.3 Å². The highest BCUT2D eigenvalue weighted by Crippen LogP contribution is 2.28. The van der Waals surface area contributed by atoms with E-state index in [0.717, 1.165) is 42.8 Å². The van der Waals surface area contributed by atoms with Crippen molar-refractivity contribution in [2.75, 3.05) is 31.1 Å². The molecule has 0 radical (unpaired) electrons. The van der Waals surface area contributed by atoms with Crippen molar-refractivity contribution in [2.45, 2.75) is 26.7 Å². The Kier molecular flexibility index (Phi) is 5.46. The number of anilines is 1. The number of rotatable bonds is 5. The van der Waals surface area contributed by atoms with Crippen molar-refractivity contribution in [1.29, 1.82) is 0 Å². The summed E-state index contributed by atoms with van der Waals surface area (Å²) in [5.74, 6) is 1.44. The fraction of sp³-hybridized carbons (Fsp3) is 0.667. The summed E-state index contributed by atoms with van der Waals surface area (Å²) >= 11 is 6.23. The molecule has 1 aliphatic heterocycles. The molecule has 0 aliphatic carbocycles. The Bertz CT molecular complexity index is 395. The first-order valence-corrected chi connectivity index (χ1v) is 7.59. The molecule has 0 saturated carbocycles. The molecule has 0 amide bonds. The highest BCUT2D eigenvalue weighted by molar-refractivity contribution is 6.33. The van der Waals surface area contributed by atoms with Crippen LogP contribution in [0.2, 0.25) is 5.02 Å². The lowest BCUT2D eigenvalue weighted by molar-refractivity contribution is 0.382. The number of halogens is 1. The number of piperidine rings is 1. The van der Waals surface area contributed by atoms with E-state index >= 15 is 0 Å². The molecule has 2 heterocycles. The highest BCUT2D eigenvalue weighted by Gasteiger charge is 2.21. The van der Waals surface area contributed by atoms with Gasteiger partial charge in [-0.25, -0.2) is 0 Å². The van der Waals surface area contributed by atoms with Gasteiger partial charge in [0.15, 0.2) is 0 Å². The molecule has 1 atom stereocenters. The van der Waals surface area contributed by atoms with Gasteiger partial charge >= 0.3 is 0 Å². The lowest BCUT2D eigenvalue weighted by Crippen LogP contribution is -2.40. The first kappa shape index (κ1) is 14.6. The number of nitrogens with zero attached hydrogens (tertiary/aromatic N) is 2. The van der Waals surface area contributed by atoms with Crippen LogP contribution < -0.4 is 10.2 Å². The second kappa shape index (κ2) is 7.11. The fourth-order valence-corrected chi connectivity index (χ4v) is 2.89. The first-order chi connectivity index (χ1) is 9.16. The molecule has 2 rings (SSSR count). The minimum Gasteiger partial charge on any atom is -0.370 e. The van der Waals surface area contributed by atoms with E-state index in [4.69, 9.17) is 11.6 Å². The van der Waals surface area contributed by atoms with Gasteiger partial charge in [-0.15, -0.1) is 0 Å². The average molecular weight is 282 g/mol. The maximum absolute atomic E-state index is 6.23. The van der Waals surface area contributed by atoms with E-state index in [2.05, 4.69) is 29.0 Å². The third kappa shape index (κ3) is 4.36. The maximum atomic E-state index is 6.23. The number of aromatic nitrogens is 1. The Morgan fingerprint density at radius 3 is 3.11 bits per heavy atom. The van der Waals surface area contributed by atoms with Gasteiger partial charge in [-0.1, -0.05) is 25.4 Å². The van der Waals surface area contributed by atoms with Gasteiger partial charge in [0.1, 0.15) is 0 Å². The second-order valence-electron chi connectivity index (χ2n) is 5.83. The molecule has 106 valence electrons. The number of pyridine rings is 1. The third-order valence-electron chi connectivity index (χ3n) is 3.60. The van der Waals surface area contributed by atoms with Crippen LogP contribution in [0.5, 0.6) is 0 Å². The van der Waals surface area contributed by atoms with Gasteiger partial charge in [0.25, 0.3) is 0 Å². The summed E-state index contributed by atoms with van der Waals surface area (Å²) in [5.41, 5.74) is 1.13. The zero-order valence-corrected chi connectivity index (χ0v) is 12.7. The van der Waals surface area contributed by atoms with Crippen molar-refractivity contribution >= 4 is 17.3 Å². The van der Waals surface area contributed by atoms with Crippen molar-refractivity contribution in [3.8, 4) is 0 Å². The number of hydrogen-bond donors (Lipinski definition) is 1. The maximum Gasteiger partial charge on any atom is 0.0822 e. The van der Waals surface area contributed by atoms with E-state index in [-0.39, 0.29) is 0 Å². The van der Waals surface area contributed by atoms with Crippen molar-refractivity contribution in [2.24, 2.45) is 11.8 Å². The highest BCUT2D eigenvalue weighted by atomic mass is 35.5. The quantitative estimate of drug-likeness (QED) is 0.898. The smallest absolute Gasteiger partial charge is 0.0822 e. The largest absolute Gasteiger partial charge is 0.370 e. The Hall–Kier alpha value is -0.800. The summed E-state index contributed by atoms with van der Waals surface area (Å²) in [6, 6.07) is 2.02. The van der Waals surface area contributed by atoms with Crippen molar-refractivity contribution < 1.29 is 0 Å². The summed E-state index contributed by atoms with van der Waals surface area (Å²) in [7, 11) is 0. The molecule has 1 aliphatic rings. The summed E-state index contributed by atoms with van der Waals surface area (Å²) in [4.78, 5) is 6.45. The molecule has 3 nitrogen and oxygen atoms in total. The third-order valence-corrected chi connectivity index (χ3v) is 3.89. The summed E-state index contributed by atoms with van der Waals surface area (Å²) < 4.78 is 0. The molecule has 0 bridgehead atoms. The van der Waals surface area contributed by atoms with Gasteiger partial charge in [-0.2, -0.15) is 0 Å². The second-order valence-corrected chi connectivity index (χ2v) is 6.24. The van der Waals surface area contributed by atoms with Gasteiger partial charge < -0.3 is 10.2 Å². The predicted octanol–water partition coefficient (Wildman–Crippen LogP) is 3.20. The summed E-state index contributed by atoms with van der Waals surface area (Å²) in [6.45, 7) is 8.90. The van der Waals surface area contributed by atoms with Crippen LogP contribution in [0.15, 0.2) is 18.5 Å². The van der Waals surface area contributed by atoms with E-state index in [1.54, 1.807) is 6.20 Å². The van der Waals surface area contributed by atoms with E-state index in [1.165, 1.54) is 12.8 Å². The molecule has 1 fully saturated rings. The molecule has 1 aromatic heterocycles. The summed E-state index contributed by atoms with van der Waals surface area (Å²) in [6.07, 6.45) is 6.11. The Morgan fingerprint density at radius 2 is 2.37 bits per heavy atom. The topological polar surface area (TPSA) is 28.2 Å². The van der Waals surface area contributed by atoms with Crippen LogP contribution >= 0.6 is 11.6 Å². The Labute approximate surface area is 121 Å². The summed E-state index contributed by atoms with van der Waals surface area (Å²) in [5, 5.41) is 4.33. The van der Waals surface area contributed by atoms with Crippen LogP contribution in [0, 0.1) is 11.8 Å². The molecule has 19 heavy (non-hydrogen) atoms. The minimum atomic E-state index is 0.717. The van der Waals surface area contributed by atoms with Crippen LogP contribution in [0.25, 0.3) is 0 Å². The first-order valence-electron chi connectivity index (χ1n) is 7.22. The molecule has 1 saturated heterocycles. The Morgan fingerprint density at radius 1 is 1.53 bits per heavy atom. The van der Waals surface area contributed by atoms with Gasteiger partial charge in [0, 0.05) is 25.5 Å². The van der Waals surface area contributed by atoms with Gasteiger partial charge in [0.05, 0.1) is 10.7 Å². The van der Waals surface area contributed by atoms with Crippen LogP contribution in [0.4, 0.5) is 5.69 Å². The molecular weight excluding hydrogens is 258 g/mol. The van der Waals surface area contributed by atoms with Crippen LogP contribution in [0.3, 0.4) is 0 Å². The normalized spacial score (nSPS) is 20.0. The molecule has 4 heteroatoms. The zero-order valence-electron chi connectivity index (χ0n) is 11.9. The lowest BCUT2D eigenvalue weighted by atomic mass is 9.97. The monoisotopic (exact) mass is 281 g/mol. The van der Waals surface area contributed by atoms with Crippen LogP contribution in [-0.4, -0.2) is 31.2 Å². The molecule has 1 aromatic rings. The average Bonchev–Trinajstić information content (AvgIpc) is 2.39. The predicted molar refractivity (Wildman–Crippen MR) is 81.9 cm³/mol. The van der Waals surface area contributed by atoms with Crippen molar-refractivity contribution in [3.05, 3.63) is 23.5 Å². The van der Waals surface area contributed by atoms with E-state index < -0.39 is 0 Å². The van der Waals surface area contributed by atoms with E-state index in [9.17, 15) is 0 Å². The van der Waals surface area contributed by atoms with Gasteiger partial charge in [-0.05, 0) is 43.8 Å². The lowest BCUT2D eigenvalue weighted by Gasteiger charge is -2.35. The van der Waals surface area contributed by atoms with Crippen molar-refractivity contribution in [1.82, 2.24) is 10.3 Å². The fourth-order valence-electron chi connectivity index (χ4n) is 2.65. The van der Waals surface area contributed by atoms with Gasteiger partial charge in [-0.3, -0.25) is 4.98 Å². The molecule has 1 N–H and O–H groups in total. The minimum absolute atomic E-state index is 0.717. The SMILES string of the molecule is CC(C)CNCC1CCCN(c2ccncc2Cl)C1. The van der Waals surface area contributed by atoms with Crippen LogP contribution in [0.1, 0.15) is 26.7 Å². The molecule has 1 unspecified atom stereocenters. The molecular formula is C15H24ClN3. The standard InChI is InChI=1S/C15H24ClN3/c1-12(2)8-18-9-13-4-3-7-19(11-13)15-5-6-17-10-14(15)16/h5-6,10,12-13,18H,3-4,7-9,11H2,1-2H3. The number of nitrogens with one attached hydrogen (secondary N) is 1. The zero-order chi connectivity index (χ0) is 13.7. The van der Waals surface area contributed by atoms with Crippen LogP contribution in [-0.2, 0) is 0 Å². The molecule has 0 aromatic carbocycles. The molecule has 0 spiro atoms. The van der Waals surface area contributed by atoms with Crippen molar-refractivity contribution in [3.63, 3.8) is 0 Å². The number of hydrogen-bond acceptors (Lipinski definition) is 3.